The maximum atomic E-state index is 10.1. The van der Waals surface area contributed by atoms with E-state index in [9.17, 15) is 25.9 Å². The fourth-order valence-corrected chi connectivity index (χ4v) is 4.28. The molecule has 0 aromatic carbocycles. The van der Waals surface area contributed by atoms with Gasteiger partial charge in [-0.1, -0.05) is 129 Å². The number of hydrogen-bond acceptors (Lipinski definition) is 8. The van der Waals surface area contributed by atoms with Crippen LogP contribution in [0.4, 0.5) is 0 Å². The molecule has 0 radical (unpaired) electrons. The quantitative estimate of drug-likeness (QED) is 0.0316. The van der Waals surface area contributed by atoms with Crippen LogP contribution in [0.25, 0.3) is 0 Å². The van der Waals surface area contributed by atoms with Crippen LogP contribution in [0.5, 0.6) is 0 Å². The molecule has 0 fully saturated rings. The van der Waals surface area contributed by atoms with E-state index in [2.05, 4.69) is 22.2 Å². The van der Waals surface area contributed by atoms with Crippen molar-refractivity contribution in [1.29, 1.82) is 0 Å². The summed E-state index contributed by atoms with van der Waals surface area (Å²) in [5.74, 6) is 0. The molecule has 228 valence electrons. The second-order valence-electron chi connectivity index (χ2n) is 9.69. The smallest absolute Gasteiger partial charge is 0.716 e. The number of hydrogen-bond donors (Lipinski definition) is 0. The zero-order chi connectivity index (χ0) is 28.8. The third kappa shape index (κ3) is 47.8. The summed E-state index contributed by atoms with van der Waals surface area (Å²) < 4.78 is 68.5. The van der Waals surface area contributed by atoms with Crippen LogP contribution in [0.15, 0.2) is 24.7 Å². The van der Waals surface area contributed by atoms with Gasteiger partial charge in [0, 0.05) is 0 Å². The predicted molar refractivity (Wildman–Crippen MR) is 159 cm³/mol. The molecular formula is C28H54MgO8S2. The minimum absolute atomic E-state index is 0. The van der Waals surface area contributed by atoms with Crippen molar-refractivity contribution < 1.29 is 34.3 Å². The summed E-state index contributed by atoms with van der Waals surface area (Å²) in [5, 5.41) is 0. The molecule has 0 unspecified atom stereocenters. The Kier molecular flexibility index (Phi) is 35.6. The van der Waals surface area contributed by atoms with Gasteiger partial charge in [0.15, 0.2) is 0 Å². The second-order valence-corrected chi connectivity index (χ2v) is 11.7. The zero-order valence-corrected chi connectivity index (χ0v) is 27.7. The Morgan fingerprint density at radius 1 is 0.462 bits per heavy atom. The molecule has 0 rings (SSSR count). The summed E-state index contributed by atoms with van der Waals surface area (Å²) >= 11 is 0. The van der Waals surface area contributed by atoms with Crippen molar-refractivity contribution in [2.75, 3.05) is 0 Å². The van der Waals surface area contributed by atoms with Gasteiger partial charge >= 0.3 is 23.1 Å². The molecule has 39 heavy (non-hydrogen) atoms. The van der Waals surface area contributed by atoms with Gasteiger partial charge in [-0.25, -0.2) is 16.8 Å². The normalized spacial score (nSPS) is 11.8. The molecule has 0 aliphatic carbocycles. The van der Waals surface area contributed by atoms with Crippen LogP contribution < -0.4 is 0 Å². The number of unbranched alkanes of at least 4 members (excludes halogenated alkanes) is 20. The van der Waals surface area contributed by atoms with E-state index < -0.39 is 20.8 Å². The largest absolute Gasteiger partial charge is 2.00 e. The SMILES string of the molecule is CCCCCCCCCCCC/C=C/OS(=O)(=O)[O-].CCCCCCCCCCCC/C=C/OS(=O)(=O)[O-].[Mg+2]. The van der Waals surface area contributed by atoms with Gasteiger partial charge in [-0.15, -0.1) is 0 Å². The zero-order valence-electron chi connectivity index (χ0n) is 24.7. The summed E-state index contributed by atoms with van der Waals surface area (Å²) in [5.41, 5.74) is 0. The fraction of sp³-hybridized carbons (Fsp3) is 0.857. The third-order valence-corrected chi connectivity index (χ3v) is 6.68. The van der Waals surface area contributed by atoms with Crippen molar-refractivity contribution in [1.82, 2.24) is 0 Å². The van der Waals surface area contributed by atoms with Crippen molar-refractivity contribution in [2.24, 2.45) is 0 Å². The van der Waals surface area contributed by atoms with Crippen molar-refractivity contribution in [2.45, 2.75) is 155 Å². The molecule has 0 amide bonds. The minimum atomic E-state index is -4.58. The van der Waals surface area contributed by atoms with Gasteiger partial charge in [0.05, 0.1) is 0 Å². The molecule has 8 nitrogen and oxygen atoms in total. The molecular weight excluding hydrogens is 553 g/mol. The van der Waals surface area contributed by atoms with E-state index in [0.717, 1.165) is 51.0 Å². The van der Waals surface area contributed by atoms with Gasteiger partial charge in [0.25, 0.3) is 20.8 Å². The van der Waals surface area contributed by atoms with E-state index in [1.807, 2.05) is 0 Å². The van der Waals surface area contributed by atoms with Gasteiger partial charge in [0.1, 0.15) is 12.5 Å². The molecule has 0 aliphatic heterocycles. The van der Waals surface area contributed by atoms with Gasteiger partial charge in [0.2, 0.25) is 0 Å². The number of rotatable bonds is 26. The first-order chi connectivity index (χ1) is 18.1. The summed E-state index contributed by atoms with van der Waals surface area (Å²) in [6.07, 6.45) is 32.0. The first kappa shape index (κ1) is 43.1. The Hall–Kier alpha value is -0.334. The van der Waals surface area contributed by atoms with Crippen molar-refractivity contribution in [3.05, 3.63) is 24.7 Å². The first-order valence-electron chi connectivity index (χ1n) is 14.7. The molecule has 0 aromatic rings. The van der Waals surface area contributed by atoms with Crippen LogP contribution >= 0.6 is 0 Å². The molecule has 0 bridgehead atoms. The van der Waals surface area contributed by atoms with Crippen molar-refractivity contribution in [3.8, 4) is 0 Å². The summed E-state index contributed by atoms with van der Waals surface area (Å²) in [4.78, 5) is 0. The van der Waals surface area contributed by atoms with Crippen LogP contribution in [-0.4, -0.2) is 49.0 Å². The molecule has 0 heterocycles. The third-order valence-electron chi connectivity index (χ3n) is 5.99. The van der Waals surface area contributed by atoms with Crippen LogP contribution in [0.1, 0.15) is 155 Å². The summed E-state index contributed by atoms with van der Waals surface area (Å²) in [6, 6.07) is 0. The summed E-state index contributed by atoms with van der Waals surface area (Å²) in [6.45, 7) is 4.46. The monoisotopic (exact) mass is 606 g/mol. The first-order valence-corrected chi connectivity index (χ1v) is 17.4. The van der Waals surface area contributed by atoms with Crippen LogP contribution in [0.3, 0.4) is 0 Å². The predicted octanol–water partition coefficient (Wildman–Crippen LogP) is 8.20. The standard InChI is InChI=1S/2C14H28O4S.Mg/c2*1-2-3-4-5-6-7-8-9-10-11-12-13-14-18-19(15,16)17;/h2*13-14H,2-12H2,1H3,(H,15,16,17);/q;;+2/p-2/b2*14-13+;. The maximum absolute atomic E-state index is 10.1. The molecule has 11 heteroatoms. The molecule has 0 saturated carbocycles. The Morgan fingerprint density at radius 2 is 0.692 bits per heavy atom. The average Bonchev–Trinajstić information content (AvgIpc) is 2.84. The van der Waals surface area contributed by atoms with E-state index in [1.54, 1.807) is 12.2 Å². The van der Waals surface area contributed by atoms with Crippen LogP contribution in [-0.2, 0) is 29.2 Å². The Labute approximate surface area is 256 Å². The molecule has 0 aromatic heterocycles. The van der Waals surface area contributed by atoms with E-state index in [4.69, 9.17) is 0 Å². The molecule has 0 N–H and O–H groups in total. The van der Waals surface area contributed by atoms with Crippen molar-refractivity contribution in [3.63, 3.8) is 0 Å². The number of allylic oxidation sites excluding steroid dienone is 2. The average molecular weight is 607 g/mol. The fourth-order valence-electron chi connectivity index (χ4n) is 3.85. The van der Waals surface area contributed by atoms with Crippen LogP contribution in [0, 0.1) is 0 Å². The molecule has 0 aliphatic rings. The maximum Gasteiger partial charge on any atom is 2.00 e. The van der Waals surface area contributed by atoms with Crippen LogP contribution in [0.2, 0.25) is 0 Å². The topological polar surface area (TPSA) is 133 Å². The minimum Gasteiger partial charge on any atom is -0.716 e. The summed E-state index contributed by atoms with van der Waals surface area (Å²) in [7, 11) is -9.15. The molecule has 0 saturated heterocycles. The van der Waals surface area contributed by atoms with Crippen molar-refractivity contribution >= 4 is 43.9 Å². The van der Waals surface area contributed by atoms with E-state index >= 15 is 0 Å². The Balaban J connectivity index is -0.000000648. The van der Waals surface area contributed by atoms with E-state index in [0.29, 0.717) is 0 Å². The van der Waals surface area contributed by atoms with Gasteiger partial charge < -0.3 is 17.5 Å². The van der Waals surface area contributed by atoms with Gasteiger partial charge in [-0.2, -0.15) is 0 Å². The second kappa shape index (κ2) is 32.2. The molecule has 0 spiro atoms. The Bertz CT molecular complexity index is 690. The van der Waals surface area contributed by atoms with E-state index in [-0.39, 0.29) is 23.1 Å². The van der Waals surface area contributed by atoms with E-state index in [1.165, 1.54) is 103 Å². The molecule has 0 atom stereocenters. The van der Waals surface area contributed by atoms with Gasteiger partial charge in [-0.05, 0) is 37.8 Å². The van der Waals surface area contributed by atoms with Gasteiger partial charge in [-0.3, -0.25) is 0 Å². The Morgan fingerprint density at radius 3 is 0.923 bits per heavy atom.